The Morgan fingerprint density at radius 3 is 2.33 bits per heavy atom. The number of benzene rings is 2. The highest BCUT2D eigenvalue weighted by Crippen LogP contribution is 2.66. The number of halogens is 4. The molecule has 4 nitrogen and oxygen atoms in total. The van der Waals surface area contributed by atoms with Gasteiger partial charge in [-0.15, -0.1) is 0 Å². The molecule has 0 N–H and O–H groups in total. The number of hydrogen-bond donors (Lipinski definition) is 0. The Balaban J connectivity index is 1.72. The van der Waals surface area contributed by atoms with Gasteiger partial charge in [0.2, 0.25) is 6.10 Å². The lowest BCUT2D eigenvalue weighted by atomic mass is 10.1. The summed E-state index contributed by atoms with van der Waals surface area (Å²) in [4.78, 5) is 12.8. The van der Waals surface area contributed by atoms with Crippen LogP contribution in [-0.4, -0.2) is 12.9 Å². The number of hydrogen-bond acceptors (Lipinski definition) is 4. The van der Waals surface area contributed by atoms with Crippen LogP contribution >= 0.6 is 63.7 Å². The Kier molecular flexibility index (Phi) is 7.38. The number of carbonyl (C=O) groups excluding carboxylic acids is 1. The molecule has 2 unspecified atom stereocenters. The van der Waals surface area contributed by atoms with Crippen molar-refractivity contribution in [2.75, 3.05) is 0 Å². The molecule has 0 radical (unpaired) electrons. The average molecular weight is 665 g/mol. The normalized spacial score (nSPS) is 21.8. The summed E-state index contributed by atoms with van der Waals surface area (Å²) in [7, 11) is 0. The molecule has 0 saturated heterocycles. The second-order valence-electron chi connectivity index (χ2n) is 7.70. The van der Waals surface area contributed by atoms with Crippen molar-refractivity contribution >= 4 is 69.7 Å². The number of ether oxygens (including phenoxy) is 2. The summed E-state index contributed by atoms with van der Waals surface area (Å²) in [5, 5.41) is 9.65. The Morgan fingerprint density at radius 2 is 1.73 bits per heavy atom. The van der Waals surface area contributed by atoms with Crippen LogP contribution in [0.3, 0.4) is 0 Å². The summed E-state index contributed by atoms with van der Waals surface area (Å²) in [6, 6.07) is 18.5. The third kappa shape index (κ3) is 5.29. The van der Waals surface area contributed by atoms with Crippen LogP contribution in [0, 0.1) is 28.6 Å². The van der Waals surface area contributed by atoms with E-state index in [1.54, 1.807) is 24.3 Å². The molecule has 0 amide bonds. The Labute approximate surface area is 209 Å². The molecule has 0 aromatic heterocycles. The van der Waals surface area contributed by atoms with Crippen molar-refractivity contribution in [3.63, 3.8) is 0 Å². The van der Waals surface area contributed by atoms with Crippen molar-refractivity contribution in [1.82, 2.24) is 0 Å². The van der Waals surface area contributed by atoms with Crippen LogP contribution < -0.4 is 4.74 Å². The minimum absolute atomic E-state index is 0.0233. The number of para-hydroxylation sites is 1. The molecule has 1 aliphatic rings. The van der Waals surface area contributed by atoms with E-state index in [9.17, 15) is 10.1 Å². The fraction of sp³-hybridized carbons (Fsp3) is 0.364. The molecule has 2 aromatic carbocycles. The van der Waals surface area contributed by atoms with E-state index in [2.05, 4.69) is 69.8 Å². The van der Waals surface area contributed by atoms with Gasteiger partial charge in [0.15, 0.2) is 0 Å². The molecule has 0 aliphatic heterocycles. The number of nitrogens with zero attached hydrogens (tertiary/aromatic N) is 1. The summed E-state index contributed by atoms with van der Waals surface area (Å²) >= 11 is 14.2. The quantitative estimate of drug-likeness (QED) is 0.238. The summed E-state index contributed by atoms with van der Waals surface area (Å²) in [6.07, 6.45) is -1.01. The lowest BCUT2D eigenvalue weighted by Gasteiger charge is -2.21. The van der Waals surface area contributed by atoms with Gasteiger partial charge in [0.25, 0.3) is 0 Å². The van der Waals surface area contributed by atoms with Gasteiger partial charge in [0, 0.05) is 5.56 Å². The van der Waals surface area contributed by atoms with Crippen LogP contribution in [0.4, 0.5) is 0 Å². The zero-order valence-electron chi connectivity index (χ0n) is 16.2. The fourth-order valence-electron chi connectivity index (χ4n) is 3.60. The first kappa shape index (κ1) is 23.8. The van der Waals surface area contributed by atoms with Gasteiger partial charge < -0.3 is 9.47 Å². The zero-order valence-corrected chi connectivity index (χ0v) is 22.5. The number of alkyl halides is 4. The van der Waals surface area contributed by atoms with Gasteiger partial charge >= 0.3 is 5.97 Å². The summed E-state index contributed by atoms with van der Waals surface area (Å²) in [5.41, 5.74) is 0.310. The molecule has 0 heterocycles. The maximum atomic E-state index is 12.9. The maximum absolute atomic E-state index is 12.9. The topological polar surface area (TPSA) is 59.3 Å². The van der Waals surface area contributed by atoms with Gasteiger partial charge in [-0.1, -0.05) is 108 Å². The van der Waals surface area contributed by atoms with Crippen molar-refractivity contribution in [2.24, 2.45) is 17.3 Å². The minimum atomic E-state index is -1.01. The summed E-state index contributed by atoms with van der Waals surface area (Å²) in [5.74, 6) is 0.576. The lowest BCUT2D eigenvalue weighted by Crippen LogP contribution is -2.23. The largest absolute Gasteiger partial charge is 0.457 e. The first-order valence-electron chi connectivity index (χ1n) is 9.19. The molecule has 158 valence electrons. The molecular formula is C22H19Br4NO3. The molecule has 0 spiro atoms. The van der Waals surface area contributed by atoms with Crippen LogP contribution in [0.1, 0.15) is 25.5 Å². The van der Waals surface area contributed by atoms with Gasteiger partial charge in [-0.25, -0.2) is 0 Å². The highest BCUT2D eigenvalue weighted by atomic mass is 80.0. The molecule has 30 heavy (non-hydrogen) atoms. The van der Waals surface area contributed by atoms with Crippen LogP contribution in [0.15, 0.2) is 54.6 Å². The molecule has 3 rings (SSSR count). The van der Waals surface area contributed by atoms with Gasteiger partial charge in [0.05, 0.1) is 10.7 Å². The van der Waals surface area contributed by atoms with E-state index in [4.69, 9.17) is 9.47 Å². The zero-order chi connectivity index (χ0) is 22.1. The minimum Gasteiger partial charge on any atom is -0.457 e. The van der Waals surface area contributed by atoms with Crippen molar-refractivity contribution in [3.8, 4) is 17.6 Å². The highest BCUT2D eigenvalue weighted by molar-refractivity contribution is 9.40. The number of nitriles is 1. The molecule has 4 atom stereocenters. The molecule has 0 bridgehead atoms. The van der Waals surface area contributed by atoms with E-state index in [1.807, 2.05) is 44.2 Å². The fourth-order valence-corrected chi connectivity index (χ4v) is 5.44. The van der Waals surface area contributed by atoms with E-state index in [0.717, 1.165) is 0 Å². The smallest absolute Gasteiger partial charge is 0.311 e. The lowest BCUT2D eigenvalue weighted by molar-refractivity contribution is -0.149. The van der Waals surface area contributed by atoms with Gasteiger partial charge in [-0.3, -0.25) is 4.79 Å². The van der Waals surface area contributed by atoms with Crippen molar-refractivity contribution in [1.29, 1.82) is 5.26 Å². The Hall–Kier alpha value is -0.880. The van der Waals surface area contributed by atoms with E-state index in [1.165, 1.54) is 0 Å². The van der Waals surface area contributed by atoms with Crippen LogP contribution in [0.2, 0.25) is 0 Å². The first-order chi connectivity index (χ1) is 14.1. The van der Waals surface area contributed by atoms with Crippen LogP contribution in [0.25, 0.3) is 0 Å². The number of carbonyl (C=O) groups is 1. The SMILES string of the molecule is CC1(C)C(C(Br)C(Br)(Br)Br)[C@H]1C(=O)O[C@H](C#N)c1cccc(Oc2ccccc2)c1. The van der Waals surface area contributed by atoms with Crippen molar-refractivity contribution in [3.05, 3.63) is 60.2 Å². The summed E-state index contributed by atoms with van der Waals surface area (Å²) in [6.45, 7) is 4.04. The molecule has 1 aliphatic carbocycles. The van der Waals surface area contributed by atoms with Crippen molar-refractivity contribution < 1.29 is 14.3 Å². The third-order valence-electron chi connectivity index (χ3n) is 5.28. The Bertz CT molecular complexity index is 953. The molecule has 1 saturated carbocycles. The standard InChI is InChI=1S/C22H19Br4NO3/c1-21(2)17(19(23)22(24,25)26)18(21)20(28)30-16(12-27)13-7-6-10-15(11-13)29-14-8-4-3-5-9-14/h3-11,16-19H,1-2H3/t16-,17?,18+,19?/m1/s1. The predicted molar refractivity (Wildman–Crippen MR) is 130 cm³/mol. The second kappa shape index (κ2) is 9.32. The maximum Gasteiger partial charge on any atom is 0.311 e. The predicted octanol–water partition coefficient (Wildman–Crippen LogP) is 7.46. The van der Waals surface area contributed by atoms with E-state index < -0.39 is 8.25 Å². The van der Waals surface area contributed by atoms with Gasteiger partial charge in [0.1, 0.15) is 19.7 Å². The van der Waals surface area contributed by atoms with Crippen LogP contribution in [0.5, 0.6) is 11.5 Å². The van der Waals surface area contributed by atoms with Gasteiger partial charge in [-0.2, -0.15) is 5.26 Å². The monoisotopic (exact) mass is 661 g/mol. The molecular weight excluding hydrogens is 646 g/mol. The van der Waals surface area contributed by atoms with E-state index in [-0.39, 0.29) is 28.0 Å². The Morgan fingerprint density at radius 1 is 1.10 bits per heavy atom. The molecule has 1 fully saturated rings. The second-order valence-corrected chi connectivity index (χ2v) is 15.6. The van der Waals surface area contributed by atoms with E-state index >= 15 is 0 Å². The molecule has 8 heteroatoms. The van der Waals surface area contributed by atoms with E-state index in [0.29, 0.717) is 17.1 Å². The van der Waals surface area contributed by atoms with Gasteiger partial charge in [-0.05, 0) is 35.6 Å². The van der Waals surface area contributed by atoms with Crippen molar-refractivity contribution in [2.45, 2.75) is 26.9 Å². The number of rotatable bonds is 6. The average Bonchev–Trinajstić information content (AvgIpc) is 3.27. The first-order valence-corrected chi connectivity index (χ1v) is 12.5. The molecule has 2 aromatic rings. The number of esters is 1. The van der Waals surface area contributed by atoms with Crippen LogP contribution in [-0.2, 0) is 9.53 Å². The third-order valence-corrected chi connectivity index (χ3v) is 9.86. The highest BCUT2D eigenvalue weighted by Gasteiger charge is 2.67. The summed E-state index contributed by atoms with van der Waals surface area (Å²) < 4.78 is 10.9.